The van der Waals surface area contributed by atoms with Crippen molar-refractivity contribution in [2.45, 2.75) is 44.9 Å². The van der Waals surface area contributed by atoms with E-state index in [4.69, 9.17) is 4.74 Å². The molecule has 1 aliphatic rings. The highest BCUT2D eigenvalue weighted by Gasteiger charge is 2.28. The summed E-state index contributed by atoms with van der Waals surface area (Å²) in [5.74, 6) is 0.943. The van der Waals surface area contributed by atoms with Crippen LogP contribution in [-0.2, 0) is 5.41 Å². The van der Waals surface area contributed by atoms with Crippen molar-refractivity contribution in [1.29, 1.82) is 0 Å². The lowest BCUT2D eigenvalue weighted by Crippen LogP contribution is -2.38. The number of nitrogens with one attached hydrogen (secondary N) is 2. The van der Waals surface area contributed by atoms with E-state index in [9.17, 15) is 9.59 Å². The molecule has 0 atom stereocenters. The first-order valence-corrected chi connectivity index (χ1v) is 13.2. The molecule has 0 spiro atoms. The molecule has 1 aliphatic heterocycles. The fourth-order valence-electron chi connectivity index (χ4n) is 4.44. The molecule has 0 aliphatic carbocycles. The predicted molar refractivity (Wildman–Crippen MR) is 144 cm³/mol. The van der Waals surface area contributed by atoms with E-state index in [-0.39, 0.29) is 23.1 Å². The summed E-state index contributed by atoms with van der Waals surface area (Å²) >= 11 is 1.48. The molecule has 1 fully saturated rings. The van der Waals surface area contributed by atoms with Crippen molar-refractivity contribution in [3.05, 3.63) is 63.9 Å². The summed E-state index contributed by atoms with van der Waals surface area (Å²) in [5, 5.41) is 13.6. The fourth-order valence-corrected chi connectivity index (χ4v) is 5.41. The Bertz CT molecular complexity index is 1450. The topological polar surface area (TPSA) is 113 Å². The average Bonchev–Trinajstić information content (AvgIpc) is 3.58. The van der Waals surface area contributed by atoms with E-state index in [2.05, 4.69) is 46.3 Å². The van der Waals surface area contributed by atoms with Crippen molar-refractivity contribution in [1.82, 2.24) is 25.1 Å². The number of carbonyl (C=O) groups is 2. The van der Waals surface area contributed by atoms with Crippen molar-refractivity contribution in [3.8, 4) is 5.75 Å². The van der Waals surface area contributed by atoms with Gasteiger partial charge >= 0.3 is 0 Å². The Morgan fingerprint density at radius 2 is 1.86 bits per heavy atom. The van der Waals surface area contributed by atoms with Gasteiger partial charge in [-0.2, -0.15) is 5.10 Å². The molecule has 1 aromatic carbocycles. The number of piperidine rings is 1. The summed E-state index contributed by atoms with van der Waals surface area (Å²) in [6.45, 7) is 7.43. The number of thiazole rings is 1. The largest absolute Gasteiger partial charge is 0.496 e. The number of carbonyl (C=O) groups excluding carboxylic acids is 2. The lowest BCUT2D eigenvalue weighted by atomic mass is 9.92. The summed E-state index contributed by atoms with van der Waals surface area (Å²) in [7, 11) is 1.60. The Morgan fingerprint density at radius 3 is 2.57 bits per heavy atom. The van der Waals surface area contributed by atoms with Crippen molar-refractivity contribution < 1.29 is 14.3 Å². The number of pyridine rings is 1. The molecule has 1 saturated heterocycles. The predicted octanol–water partition coefficient (Wildman–Crippen LogP) is 4.99. The van der Waals surface area contributed by atoms with Crippen LogP contribution in [0, 0.1) is 0 Å². The molecule has 5 rings (SSSR count). The summed E-state index contributed by atoms with van der Waals surface area (Å²) in [6, 6.07) is 11.2. The van der Waals surface area contributed by atoms with Gasteiger partial charge in [0.2, 0.25) is 0 Å². The minimum atomic E-state index is -0.279. The number of anilines is 1. The molecule has 0 radical (unpaired) electrons. The first-order valence-electron chi connectivity index (χ1n) is 12.3. The molecule has 37 heavy (non-hydrogen) atoms. The number of amides is 2. The average molecular weight is 519 g/mol. The van der Waals surface area contributed by atoms with Crippen LogP contribution in [0.4, 0.5) is 5.82 Å². The van der Waals surface area contributed by atoms with Gasteiger partial charge in [0.15, 0.2) is 5.82 Å². The van der Waals surface area contributed by atoms with E-state index in [0.29, 0.717) is 36.0 Å². The van der Waals surface area contributed by atoms with E-state index in [1.54, 1.807) is 18.6 Å². The van der Waals surface area contributed by atoms with Crippen LogP contribution in [0.5, 0.6) is 5.75 Å². The number of benzene rings is 1. The fraction of sp³-hybridized carbons (Fsp3) is 0.370. The third kappa shape index (κ3) is 5.20. The molecule has 10 heteroatoms. The number of H-pyrrole nitrogens is 1. The van der Waals surface area contributed by atoms with E-state index in [1.165, 1.54) is 11.3 Å². The van der Waals surface area contributed by atoms with Gasteiger partial charge in [-0.25, -0.2) is 9.97 Å². The zero-order valence-corrected chi connectivity index (χ0v) is 22.2. The molecule has 192 valence electrons. The van der Waals surface area contributed by atoms with Gasteiger partial charge in [-0.05, 0) is 25.0 Å². The lowest BCUT2D eigenvalue weighted by molar-refractivity contribution is 0.0707. The van der Waals surface area contributed by atoms with Crippen LogP contribution in [0.25, 0.3) is 10.9 Å². The van der Waals surface area contributed by atoms with Gasteiger partial charge in [0.25, 0.3) is 11.8 Å². The maximum absolute atomic E-state index is 13.2. The van der Waals surface area contributed by atoms with Gasteiger partial charge in [0.05, 0.1) is 17.6 Å². The van der Waals surface area contributed by atoms with E-state index < -0.39 is 0 Å². The van der Waals surface area contributed by atoms with Gasteiger partial charge in [-0.1, -0.05) is 32.9 Å². The molecule has 9 nitrogen and oxygen atoms in total. The second kappa shape index (κ2) is 9.93. The van der Waals surface area contributed by atoms with Gasteiger partial charge in [-0.3, -0.25) is 14.7 Å². The smallest absolute Gasteiger partial charge is 0.276 e. The van der Waals surface area contributed by atoms with Gasteiger partial charge in [0, 0.05) is 53.0 Å². The number of hydrogen-bond acceptors (Lipinski definition) is 7. The zero-order valence-electron chi connectivity index (χ0n) is 21.4. The molecule has 3 aromatic heterocycles. The standard InChI is InChI=1S/C27H30N6O3S/c1-27(2,3)22-14-23(32-31-22)30-24(34)20-15-37-25(29-20)16-9-11-33(12-10-16)26(35)19-13-21(36-4)17-7-5-6-8-18(17)28-19/h5-8,13-16H,9-12H2,1-4H3,(H2,30,31,32,34). The Balaban J connectivity index is 1.21. The summed E-state index contributed by atoms with van der Waals surface area (Å²) in [4.78, 5) is 37.0. The molecule has 2 N–H and O–H groups in total. The van der Waals surface area contributed by atoms with Crippen molar-refractivity contribution >= 4 is 39.9 Å². The number of nitrogens with zero attached hydrogens (tertiary/aromatic N) is 4. The zero-order chi connectivity index (χ0) is 26.2. The highest BCUT2D eigenvalue weighted by atomic mass is 32.1. The molecule has 4 heterocycles. The molecule has 4 aromatic rings. The number of methoxy groups -OCH3 is 1. The molecule has 0 saturated carbocycles. The Hall–Kier alpha value is -3.79. The van der Waals surface area contributed by atoms with Crippen molar-refractivity contribution in [3.63, 3.8) is 0 Å². The third-order valence-corrected chi connectivity index (χ3v) is 7.64. The monoisotopic (exact) mass is 518 g/mol. The highest BCUT2D eigenvalue weighted by Crippen LogP contribution is 2.32. The van der Waals surface area contributed by atoms with Crippen LogP contribution in [0.3, 0.4) is 0 Å². The van der Waals surface area contributed by atoms with Crippen LogP contribution in [-0.4, -0.2) is 57.1 Å². The second-order valence-electron chi connectivity index (χ2n) is 10.2. The molecule has 0 unspecified atom stereocenters. The Morgan fingerprint density at radius 1 is 1.11 bits per heavy atom. The van der Waals surface area contributed by atoms with E-state index in [1.807, 2.05) is 35.2 Å². The van der Waals surface area contributed by atoms with Crippen LogP contribution in [0.1, 0.15) is 71.2 Å². The molecular formula is C27H30N6O3S. The number of rotatable bonds is 5. The van der Waals surface area contributed by atoms with Crippen LogP contribution in [0.2, 0.25) is 0 Å². The van der Waals surface area contributed by atoms with Gasteiger partial charge in [0.1, 0.15) is 17.1 Å². The van der Waals surface area contributed by atoms with Crippen LogP contribution < -0.4 is 10.1 Å². The van der Waals surface area contributed by atoms with Crippen LogP contribution >= 0.6 is 11.3 Å². The maximum Gasteiger partial charge on any atom is 0.276 e. The van der Waals surface area contributed by atoms with Crippen LogP contribution in [0.15, 0.2) is 41.8 Å². The molecule has 0 bridgehead atoms. The number of aromatic amines is 1. The lowest BCUT2D eigenvalue weighted by Gasteiger charge is -2.31. The van der Waals surface area contributed by atoms with Gasteiger partial charge in [-0.15, -0.1) is 11.3 Å². The number of likely N-dealkylation sites (tertiary alicyclic amines) is 1. The minimum Gasteiger partial charge on any atom is -0.496 e. The maximum atomic E-state index is 13.2. The van der Waals surface area contributed by atoms with E-state index >= 15 is 0 Å². The second-order valence-corrected chi connectivity index (χ2v) is 11.1. The first-order chi connectivity index (χ1) is 17.7. The van der Waals surface area contributed by atoms with E-state index in [0.717, 1.165) is 34.4 Å². The summed E-state index contributed by atoms with van der Waals surface area (Å²) in [5.41, 5.74) is 2.36. The number of hydrogen-bond donors (Lipinski definition) is 2. The number of fused-ring (bicyclic) bond motifs is 1. The highest BCUT2D eigenvalue weighted by molar-refractivity contribution is 7.10. The summed E-state index contributed by atoms with van der Waals surface area (Å²) in [6.07, 6.45) is 1.55. The van der Waals surface area contributed by atoms with Crippen molar-refractivity contribution in [2.24, 2.45) is 0 Å². The van der Waals surface area contributed by atoms with Crippen molar-refractivity contribution in [2.75, 3.05) is 25.5 Å². The summed E-state index contributed by atoms with van der Waals surface area (Å²) < 4.78 is 5.50. The Labute approximate surface area is 219 Å². The van der Waals surface area contributed by atoms with Gasteiger partial charge < -0.3 is 15.0 Å². The third-order valence-electron chi connectivity index (χ3n) is 6.63. The normalized spacial score (nSPS) is 14.6. The number of para-hydroxylation sites is 1. The minimum absolute atomic E-state index is 0.0868. The SMILES string of the molecule is COc1cc(C(=O)N2CCC(c3nc(C(=O)Nc4cc(C(C)(C)C)[nH]n4)cs3)CC2)nc2ccccc12. The molecule has 2 amide bonds. The first kappa shape index (κ1) is 24.9. The molecular weight excluding hydrogens is 488 g/mol. The quantitative estimate of drug-likeness (QED) is 0.385. The Kier molecular flexibility index (Phi) is 6.68. The number of aromatic nitrogens is 4. The number of ether oxygens (including phenoxy) is 1.